The number of carboxylic acids is 1. The lowest BCUT2D eigenvalue weighted by atomic mass is 9.90. The van der Waals surface area contributed by atoms with Crippen LogP contribution < -0.4 is 5.32 Å². The highest BCUT2D eigenvalue weighted by molar-refractivity contribution is 5.87. The second-order valence-corrected chi connectivity index (χ2v) is 6.37. The van der Waals surface area contributed by atoms with E-state index in [0.717, 1.165) is 38.5 Å². The molecule has 21 heavy (non-hydrogen) atoms. The van der Waals surface area contributed by atoms with Crippen LogP contribution in [0.5, 0.6) is 0 Å². The number of hydrogen-bond acceptors (Lipinski definition) is 2. The third-order valence-corrected chi connectivity index (χ3v) is 4.50. The molecule has 0 aliphatic heterocycles. The zero-order valence-corrected chi connectivity index (χ0v) is 13.5. The van der Waals surface area contributed by atoms with Gasteiger partial charge >= 0.3 is 5.97 Å². The van der Waals surface area contributed by atoms with E-state index in [-0.39, 0.29) is 5.91 Å². The van der Waals surface area contributed by atoms with E-state index in [9.17, 15) is 14.7 Å². The Labute approximate surface area is 128 Å². The average Bonchev–Trinajstić information content (AvgIpc) is 2.69. The maximum Gasteiger partial charge on any atom is 0.329 e. The van der Waals surface area contributed by atoms with Crippen molar-refractivity contribution < 1.29 is 14.7 Å². The number of carbonyl (C=O) groups is 2. The Morgan fingerprint density at radius 3 is 2.10 bits per heavy atom. The molecule has 0 heterocycles. The highest BCUT2D eigenvalue weighted by Gasteiger charge is 2.39. The lowest BCUT2D eigenvalue weighted by Gasteiger charge is -2.29. The quantitative estimate of drug-likeness (QED) is 0.499. The minimum Gasteiger partial charge on any atom is -0.480 e. The van der Waals surface area contributed by atoms with Crippen molar-refractivity contribution in [3.05, 3.63) is 0 Å². The molecule has 0 aromatic rings. The SMILES string of the molecule is CCCCCCCCC(=O)NC1(C(=O)O)CCCCCC1. The van der Waals surface area contributed by atoms with Gasteiger partial charge in [0, 0.05) is 6.42 Å². The molecule has 0 aromatic carbocycles. The van der Waals surface area contributed by atoms with Crippen LogP contribution in [0.2, 0.25) is 0 Å². The topological polar surface area (TPSA) is 66.4 Å². The molecule has 1 aliphatic rings. The first kappa shape index (κ1) is 18.0. The zero-order valence-electron chi connectivity index (χ0n) is 13.5. The fourth-order valence-electron chi connectivity index (χ4n) is 3.12. The van der Waals surface area contributed by atoms with Crippen LogP contribution in [0.3, 0.4) is 0 Å². The van der Waals surface area contributed by atoms with Crippen LogP contribution in [0.4, 0.5) is 0 Å². The summed E-state index contributed by atoms with van der Waals surface area (Å²) in [5.41, 5.74) is -1.00. The van der Waals surface area contributed by atoms with Crippen LogP contribution in [0, 0.1) is 0 Å². The molecular weight excluding hydrogens is 266 g/mol. The molecule has 0 spiro atoms. The van der Waals surface area contributed by atoms with Gasteiger partial charge in [-0.1, -0.05) is 64.7 Å². The van der Waals surface area contributed by atoms with Gasteiger partial charge in [-0.05, 0) is 19.3 Å². The number of rotatable bonds is 9. The van der Waals surface area contributed by atoms with E-state index >= 15 is 0 Å². The normalized spacial score (nSPS) is 18.0. The summed E-state index contributed by atoms with van der Waals surface area (Å²) >= 11 is 0. The summed E-state index contributed by atoms with van der Waals surface area (Å²) in [4.78, 5) is 23.6. The highest BCUT2D eigenvalue weighted by atomic mass is 16.4. The van der Waals surface area contributed by atoms with Crippen molar-refractivity contribution in [1.29, 1.82) is 0 Å². The van der Waals surface area contributed by atoms with Crippen LogP contribution in [0.15, 0.2) is 0 Å². The molecule has 0 saturated heterocycles. The van der Waals surface area contributed by atoms with E-state index in [1.807, 2.05) is 0 Å². The van der Waals surface area contributed by atoms with Crippen LogP contribution >= 0.6 is 0 Å². The predicted molar refractivity (Wildman–Crippen MR) is 84.2 cm³/mol. The number of unbranched alkanes of at least 4 members (excludes halogenated alkanes) is 5. The van der Waals surface area contributed by atoms with Gasteiger partial charge < -0.3 is 10.4 Å². The Hall–Kier alpha value is -1.06. The molecule has 0 unspecified atom stereocenters. The number of carbonyl (C=O) groups excluding carboxylic acids is 1. The van der Waals surface area contributed by atoms with Gasteiger partial charge in [0.05, 0.1) is 0 Å². The van der Waals surface area contributed by atoms with Gasteiger partial charge in [-0.15, -0.1) is 0 Å². The van der Waals surface area contributed by atoms with Gasteiger partial charge in [-0.3, -0.25) is 4.79 Å². The summed E-state index contributed by atoms with van der Waals surface area (Å²) in [6, 6.07) is 0. The molecule has 4 nitrogen and oxygen atoms in total. The first-order chi connectivity index (χ1) is 10.1. The predicted octanol–water partition coefficient (Wildman–Crippen LogP) is 4.03. The first-order valence-corrected chi connectivity index (χ1v) is 8.65. The number of hydrogen-bond donors (Lipinski definition) is 2. The second kappa shape index (κ2) is 9.80. The van der Waals surface area contributed by atoms with Gasteiger partial charge in [0.2, 0.25) is 5.91 Å². The van der Waals surface area contributed by atoms with Crippen molar-refractivity contribution in [2.24, 2.45) is 0 Å². The lowest BCUT2D eigenvalue weighted by molar-refractivity contribution is -0.148. The van der Waals surface area contributed by atoms with Crippen molar-refractivity contribution in [2.75, 3.05) is 0 Å². The first-order valence-electron chi connectivity index (χ1n) is 8.65. The van der Waals surface area contributed by atoms with Crippen molar-refractivity contribution in [3.63, 3.8) is 0 Å². The van der Waals surface area contributed by atoms with Crippen molar-refractivity contribution in [3.8, 4) is 0 Å². The van der Waals surface area contributed by atoms with Gasteiger partial charge in [-0.25, -0.2) is 4.79 Å². The molecule has 0 aromatic heterocycles. The van der Waals surface area contributed by atoms with Crippen LogP contribution in [-0.4, -0.2) is 22.5 Å². The summed E-state index contributed by atoms with van der Waals surface area (Å²) < 4.78 is 0. The summed E-state index contributed by atoms with van der Waals surface area (Å²) in [5, 5.41) is 12.4. The fraction of sp³-hybridized carbons (Fsp3) is 0.882. The summed E-state index contributed by atoms with van der Waals surface area (Å²) in [5.74, 6) is -0.949. The van der Waals surface area contributed by atoms with Gasteiger partial charge in [0.15, 0.2) is 0 Å². The van der Waals surface area contributed by atoms with E-state index in [0.29, 0.717) is 19.3 Å². The molecule has 0 atom stereocenters. The molecule has 1 fully saturated rings. The largest absolute Gasteiger partial charge is 0.480 e. The smallest absolute Gasteiger partial charge is 0.329 e. The standard InChI is InChI=1S/C17H31NO3/c1-2-3-4-5-6-9-12-15(19)18-17(16(20)21)13-10-7-8-11-14-17/h2-14H2,1H3,(H,18,19)(H,20,21). The Kier molecular flexibility index (Phi) is 8.40. The third kappa shape index (κ3) is 6.49. The molecule has 2 N–H and O–H groups in total. The second-order valence-electron chi connectivity index (χ2n) is 6.37. The average molecular weight is 297 g/mol. The van der Waals surface area contributed by atoms with E-state index in [1.54, 1.807) is 0 Å². The monoisotopic (exact) mass is 297 g/mol. The molecule has 1 aliphatic carbocycles. The molecule has 1 amide bonds. The zero-order chi connectivity index (χ0) is 15.6. The Morgan fingerprint density at radius 1 is 0.952 bits per heavy atom. The lowest BCUT2D eigenvalue weighted by Crippen LogP contribution is -2.54. The number of amides is 1. The van der Waals surface area contributed by atoms with Crippen LogP contribution in [-0.2, 0) is 9.59 Å². The number of carboxylic acid groups (broad SMARTS) is 1. The number of nitrogens with one attached hydrogen (secondary N) is 1. The Morgan fingerprint density at radius 2 is 1.52 bits per heavy atom. The maximum absolute atomic E-state index is 12.0. The molecule has 0 bridgehead atoms. The highest BCUT2D eigenvalue weighted by Crippen LogP contribution is 2.27. The summed E-state index contributed by atoms with van der Waals surface area (Å²) in [6.45, 7) is 2.19. The molecular formula is C17H31NO3. The summed E-state index contributed by atoms with van der Waals surface area (Å²) in [7, 11) is 0. The van der Waals surface area contributed by atoms with Gasteiger partial charge in [0.25, 0.3) is 0 Å². The maximum atomic E-state index is 12.0. The van der Waals surface area contributed by atoms with Crippen molar-refractivity contribution >= 4 is 11.9 Å². The molecule has 4 heteroatoms. The Bertz CT molecular complexity index is 320. The van der Waals surface area contributed by atoms with E-state index in [4.69, 9.17) is 0 Å². The van der Waals surface area contributed by atoms with Crippen molar-refractivity contribution in [2.45, 2.75) is 95.9 Å². The fourth-order valence-corrected chi connectivity index (χ4v) is 3.12. The van der Waals surface area contributed by atoms with E-state index in [1.165, 1.54) is 25.7 Å². The summed E-state index contributed by atoms with van der Waals surface area (Å²) in [6.07, 6.45) is 12.4. The van der Waals surface area contributed by atoms with Crippen LogP contribution in [0.25, 0.3) is 0 Å². The van der Waals surface area contributed by atoms with E-state index < -0.39 is 11.5 Å². The van der Waals surface area contributed by atoms with Crippen molar-refractivity contribution in [1.82, 2.24) is 5.32 Å². The van der Waals surface area contributed by atoms with Gasteiger partial charge in [-0.2, -0.15) is 0 Å². The van der Waals surface area contributed by atoms with Gasteiger partial charge in [0.1, 0.15) is 5.54 Å². The minimum atomic E-state index is -1.00. The number of aliphatic carboxylic acids is 1. The Balaban J connectivity index is 2.33. The molecule has 1 rings (SSSR count). The van der Waals surface area contributed by atoms with Crippen LogP contribution in [0.1, 0.15) is 90.4 Å². The molecule has 0 radical (unpaired) electrons. The molecule has 1 saturated carbocycles. The molecule has 122 valence electrons. The minimum absolute atomic E-state index is 0.0882. The van der Waals surface area contributed by atoms with E-state index in [2.05, 4.69) is 12.2 Å². The third-order valence-electron chi connectivity index (χ3n) is 4.50.